The van der Waals surface area contributed by atoms with Crippen molar-refractivity contribution in [3.8, 4) is 0 Å². The van der Waals surface area contributed by atoms with Crippen LogP contribution in [0.4, 0.5) is 0 Å². The number of allylic oxidation sites excluding steroid dienone is 2. The minimum absolute atomic E-state index is 0.580. The molecule has 0 aliphatic heterocycles. The topological polar surface area (TPSA) is 52.0 Å². The number of hydrogen-bond acceptors (Lipinski definition) is 2. The molecule has 0 radical (unpaired) electrons. The molecular formula is C6H12N2. The Labute approximate surface area is 49.9 Å². The number of rotatable bonds is 2. The molecule has 2 nitrogen and oxygen atoms in total. The van der Waals surface area contributed by atoms with E-state index in [1.165, 1.54) is 6.20 Å². The van der Waals surface area contributed by atoms with Gasteiger partial charge in [0, 0.05) is 6.54 Å². The zero-order valence-electron chi connectivity index (χ0n) is 5.09. The van der Waals surface area contributed by atoms with E-state index in [4.69, 9.17) is 11.5 Å². The lowest BCUT2D eigenvalue weighted by molar-refractivity contribution is 1.23. The van der Waals surface area contributed by atoms with Crippen LogP contribution in [0.2, 0.25) is 0 Å². The monoisotopic (exact) mass is 112 g/mol. The molecule has 8 heavy (non-hydrogen) atoms. The first-order valence-corrected chi connectivity index (χ1v) is 2.56. The van der Waals surface area contributed by atoms with Crippen molar-refractivity contribution in [1.29, 1.82) is 0 Å². The van der Waals surface area contributed by atoms with Crippen LogP contribution >= 0.6 is 0 Å². The third kappa shape index (κ3) is 3.43. The molecule has 0 amide bonds. The summed E-state index contributed by atoms with van der Waals surface area (Å²) in [7, 11) is 0. The quantitative estimate of drug-likeness (QED) is 0.507. The standard InChI is InChI=1S/C6H12N2/c1-6(2-4-7)3-5-8/h2-4H,5,7-8H2,1H3/b4-2-,6-3?. The van der Waals surface area contributed by atoms with E-state index >= 15 is 0 Å². The number of nitrogens with two attached hydrogens (primary N) is 2. The van der Waals surface area contributed by atoms with E-state index in [0.717, 1.165) is 5.57 Å². The highest BCUT2D eigenvalue weighted by atomic mass is 14.5. The number of hydrogen-bond donors (Lipinski definition) is 2. The second-order valence-electron chi connectivity index (χ2n) is 1.54. The van der Waals surface area contributed by atoms with Gasteiger partial charge in [-0.15, -0.1) is 0 Å². The summed E-state index contributed by atoms with van der Waals surface area (Å²) in [6, 6.07) is 0. The lowest BCUT2D eigenvalue weighted by Crippen LogP contribution is -1.93. The van der Waals surface area contributed by atoms with Crippen LogP contribution < -0.4 is 11.5 Å². The first-order chi connectivity index (χ1) is 3.81. The maximum absolute atomic E-state index is 5.21. The minimum atomic E-state index is 0.580. The van der Waals surface area contributed by atoms with Crippen molar-refractivity contribution in [2.45, 2.75) is 6.92 Å². The van der Waals surface area contributed by atoms with E-state index in [0.29, 0.717) is 6.54 Å². The van der Waals surface area contributed by atoms with Gasteiger partial charge in [0.25, 0.3) is 0 Å². The summed E-state index contributed by atoms with van der Waals surface area (Å²) in [5.74, 6) is 0. The Hall–Kier alpha value is -0.760. The maximum atomic E-state index is 5.21. The van der Waals surface area contributed by atoms with Crippen molar-refractivity contribution in [2.24, 2.45) is 11.5 Å². The highest BCUT2D eigenvalue weighted by molar-refractivity contribution is 5.14. The van der Waals surface area contributed by atoms with E-state index in [2.05, 4.69) is 0 Å². The molecule has 0 aromatic heterocycles. The van der Waals surface area contributed by atoms with Crippen LogP contribution in [0.3, 0.4) is 0 Å². The summed E-state index contributed by atoms with van der Waals surface area (Å²) in [5, 5.41) is 0. The van der Waals surface area contributed by atoms with Crippen molar-refractivity contribution in [3.63, 3.8) is 0 Å². The minimum Gasteiger partial charge on any atom is -0.405 e. The normalized spacial score (nSPS) is 13.0. The first-order valence-electron chi connectivity index (χ1n) is 2.56. The highest BCUT2D eigenvalue weighted by Gasteiger charge is 1.74. The van der Waals surface area contributed by atoms with Crippen molar-refractivity contribution in [3.05, 3.63) is 23.9 Å². The first kappa shape index (κ1) is 7.24. The van der Waals surface area contributed by atoms with E-state index in [1.54, 1.807) is 0 Å². The molecular weight excluding hydrogens is 100 g/mol. The van der Waals surface area contributed by atoms with Crippen LogP contribution in [0.5, 0.6) is 0 Å². The Morgan fingerprint density at radius 2 is 2.25 bits per heavy atom. The lowest BCUT2D eigenvalue weighted by atomic mass is 10.3. The van der Waals surface area contributed by atoms with Gasteiger partial charge in [0.05, 0.1) is 0 Å². The van der Waals surface area contributed by atoms with Gasteiger partial charge < -0.3 is 11.5 Å². The van der Waals surface area contributed by atoms with Gasteiger partial charge in [-0.1, -0.05) is 11.6 Å². The molecule has 0 unspecified atom stereocenters. The van der Waals surface area contributed by atoms with Crippen LogP contribution in [-0.2, 0) is 0 Å². The summed E-state index contributed by atoms with van der Waals surface area (Å²) in [5.41, 5.74) is 11.4. The SMILES string of the molecule is CC(=CCN)/C=C\N. The van der Waals surface area contributed by atoms with Gasteiger partial charge in [-0.25, -0.2) is 0 Å². The third-order valence-corrected chi connectivity index (χ3v) is 0.799. The second-order valence-corrected chi connectivity index (χ2v) is 1.54. The smallest absolute Gasteiger partial charge is 0.0112 e. The molecule has 0 rings (SSSR count). The molecule has 0 bridgehead atoms. The molecule has 0 aliphatic rings. The average Bonchev–Trinajstić information content (AvgIpc) is 1.68. The Bertz CT molecular complexity index is 103. The van der Waals surface area contributed by atoms with E-state index < -0.39 is 0 Å². The van der Waals surface area contributed by atoms with E-state index in [9.17, 15) is 0 Å². The molecule has 46 valence electrons. The fourth-order valence-electron chi connectivity index (χ4n) is 0.406. The summed E-state index contributed by atoms with van der Waals surface area (Å²) in [4.78, 5) is 0. The highest BCUT2D eigenvalue weighted by Crippen LogP contribution is 1.89. The molecule has 0 aromatic rings. The van der Waals surface area contributed by atoms with Crippen LogP contribution in [0.15, 0.2) is 23.9 Å². The largest absolute Gasteiger partial charge is 0.405 e. The predicted molar refractivity (Wildman–Crippen MR) is 36.1 cm³/mol. The zero-order chi connectivity index (χ0) is 6.41. The van der Waals surface area contributed by atoms with Gasteiger partial charge in [0.1, 0.15) is 0 Å². The Balaban J connectivity index is 3.61. The molecule has 0 atom stereocenters. The molecule has 0 aromatic carbocycles. The molecule has 2 heteroatoms. The lowest BCUT2D eigenvalue weighted by Gasteiger charge is -1.85. The summed E-state index contributed by atoms with van der Waals surface area (Å²) >= 11 is 0. The van der Waals surface area contributed by atoms with Crippen molar-refractivity contribution in [1.82, 2.24) is 0 Å². The fourth-order valence-corrected chi connectivity index (χ4v) is 0.406. The molecule has 0 saturated carbocycles. The fraction of sp³-hybridized carbons (Fsp3) is 0.333. The van der Waals surface area contributed by atoms with Gasteiger partial charge >= 0.3 is 0 Å². The Kier molecular flexibility index (Phi) is 3.98. The summed E-state index contributed by atoms with van der Waals surface area (Å²) in [6.07, 6.45) is 5.22. The second kappa shape index (κ2) is 4.40. The van der Waals surface area contributed by atoms with Gasteiger partial charge in [-0.3, -0.25) is 0 Å². The average molecular weight is 112 g/mol. The third-order valence-electron chi connectivity index (χ3n) is 0.799. The molecule has 0 heterocycles. The Morgan fingerprint density at radius 3 is 2.62 bits per heavy atom. The van der Waals surface area contributed by atoms with Crippen molar-refractivity contribution < 1.29 is 0 Å². The van der Waals surface area contributed by atoms with Crippen molar-refractivity contribution >= 4 is 0 Å². The molecule has 0 fully saturated rings. The van der Waals surface area contributed by atoms with E-state index in [1.807, 2.05) is 19.1 Å². The molecule has 0 saturated heterocycles. The van der Waals surface area contributed by atoms with Crippen LogP contribution in [-0.4, -0.2) is 6.54 Å². The Morgan fingerprint density at radius 1 is 1.62 bits per heavy atom. The van der Waals surface area contributed by atoms with E-state index in [-0.39, 0.29) is 0 Å². The van der Waals surface area contributed by atoms with Crippen LogP contribution in [0.25, 0.3) is 0 Å². The molecule has 0 aliphatic carbocycles. The maximum Gasteiger partial charge on any atom is 0.0112 e. The summed E-state index contributed by atoms with van der Waals surface area (Å²) in [6.45, 7) is 2.53. The van der Waals surface area contributed by atoms with Gasteiger partial charge in [0.2, 0.25) is 0 Å². The van der Waals surface area contributed by atoms with Crippen molar-refractivity contribution in [2.75, 3.05) is 6.54 Å². The zero-order valence-corrected chi connectivity index (χ0v) is 5.09. The van der Waals surface area contributed by atoms with Gasteiger partial charge in [-0.2, -0.15) is 0 Å². The van der Waals surface area contributed by atoms with Crippen LogP contribution in [0.1, 0.15) is 6.92 Å². The molecule has 0 spiro atoms. The van der Waals surface area contributed by atoms with Gasteiger partial charge in [-0.05, 0) is 19.2 Å². The van der Waals surface area contributed by atoms with Crippen LogP contribution in [0, 0.1) is 0 Å². The summed E-state index contributed by atoms with van der Waals surface area (Å²) < 4.78 is 0. The predicted octanol–water partition coefficient (Wildman–Crippen LogP) is 0.364. The van der Waals surface area contributed by atoms with Gasteiger partial charge in [0.15, 0.2) is 0 Å². The molecule has 4 N–H and O–H groups in total.